The van der Waals surface area contributed by atoms with Crippen molar-refractivity contribution in [3.8, 4) is 0 Å². The van der Waals surface area contributed by atoms with E-state index in [1.165, 1.54) is 0 Å². The summed E-state index contributed by atoms with van der Waals surface area (Å²) in [5.74, 6) is 0.479. The van der Waals surface area contributed by atoms with Gasteiger partial charge in [0.15, 0.2) is 0 Å². The summed E-state index contributed by atoms with van der Waals surface area (Å²) in [6, 6.07) is 0. The Kier molecular flexibility index (Phi) is 2.54. The van der Waals surface area contributed by atoms with E-state index in [1.54, 1.807) is 0 Å². The van der Waals surface area contributed by atoms with Crippen LogP contribution in [0.2, 0.25) is 0 Å². The van der Waals surface area contributed by atoms with Gasteiger partial charge in [0.05, 0.1) is 4.87 Å². The molecule has 0 saturated heterocycles. The fourth-order valence-corrected chi connectivity index (χ4v) is 1.48. The Hall–Kier alpha value is 0.610. The van der Waals surface area contributed by atoms with Crippen molar-refractivity contribution in [2.24, 2.45) is 0 Å². The van der Waals surface area contributed by atoms with Gasteiger partial charge < -0.3 is 0 Å². The highest BCUT2D eigenvalue weighted by atomic mass is 35.5. The zero-order valence-electron chi connectivity index (χ0n) is 5.76. The predicted octanol–water partition coefficient (Wildman–Crippen LogP) is 3.51. The molecule has 0 aromatic rings. The zero-order valence-corrected chi connectivity index (χ0v) is 8.02. The molecule has 0 nitrogen and oxygen atoms in total. The number of hydrogen-bond donors (Lipinski definition) is 0. The van der Waals surface area contributed by atoms with Crippen molar-refractivity contribution >= 4 is 34.8 Å². The van der Waals surface area contributed by atoms with Crippen LogP contribution >= 0.6 is 34.8 Å². The van der Waals surface area contributed by atoms with Crippen LogP contribution in [-0.2, 0) is 0 Å². The van der Waals surface area contributed by atoms with Gasteiger partial charge in [-0.15, -0.1) is 23.2 Å². The van der Waals surface area contributed by atoms with Crippen LogP contribution in [-0.4, -0.2) is 10.8 Å². The molecule has 0 spiro atoms. The number of halogens is 3. The largest absolute Gasteiger partial charge is 0.122 e. The van der Waals surface area contributed by atoms with E-state index >= 15 is 0 Å². The second kappa shape index (κ2) is 2.92. The van der Waals surface area contributed by atoms with E-state index in [4.69, 9.17) is 34.8 Å². The van der Waals surface area contributed by atoms with Gasteiger partial charge in [0.1, 0.15) is 0 Å². The molecular weight excluding hydrogens is 190 g/mol. The SMILES string of the molecule is C/C(CCl)=C(/Cl)C1(Cl)CC1. The monoisotopic (exact) mass is 198 g/mol. The second-order valence-corrected chi connectivity index (χ2v) is 4.06. The molecule has 0 amide bonds. The molecule has 0 heterocycles. The average Bonchev–Trinajstić information content (AvgIpc) is 2.66. The van der Waals surface area contributed by atoms with E-state index in [0.717, 1.165) is 23.4 Å². The van der Waals surface area contributed by atoms with Crippen molar-refractivity contribution < 1.29 is 0 Å². The molecule has 1 rings (SSSR count). The maximum absolute atomic E-state index is 6.02. The molecule has 1 aliphatic carbocycles. The van der Waals surface area contributed by atoms with Crippen LogP contribution in [0.25, 0.3) is 0 Å². The van der Waals surface area contributed by atoms with Crippen LogP contribution in [0, 0.1) is 0 Å². The van der Waals surface area contributed by atoms with Gasteiger partial charge in [-0.3, -0.25) is 0 Å². The van der Waals surface area contributed by atoms with Gasteiger partial charge >= 0.3 is 0 Å². The van der Waals surface area contributed by atoms with Crippen molar-refractivity contribution in [3.05, 3.63) is 10.6 Å². The number of rotatable bonds is 2. The lowest BCUT2D eigenvalue weighted by Gasteiger charge is -2.06. The third kappa shape index (κ3) is 1.61. The molecule has 0 aromatic heterocycles. The summed E-state index contributed by atoms with van der Waals surface area (Å²) < 4.78 is 0. The Morgan fingerprint density at radius 2 is 2.00 bits per heavy atom. The predicted molar refractivity (Wildman–Crippen MR) is 47.1 cm³/mol. The first kappa shape index (κ1) is 8.70. The molecule has 1 fully saturated rings. The normalized spacial score (nSPS) is 24.0. The first-order valence-corrected chi connectivity index (χ1v) is 4.50. The lowest BCUT2D eigenvalue weighted by Crippen LogP contribution is -2.00. The standard InChI is InChI=1S/C7H9Cl3/c1-5(4-8)6(9)7(10)2-3-7/h2-4H2,1H3/b6-5-. The minimum Gasteiger partial charge on any atom is -0.122 e. The number of hydrogen-bond acceptors (Lipinski definition) is 0. The van der Waals surface area contributed by atoms with Crippen LogP contribution in [0.15, 0.2) is 10.6 Å². The quantitative estimate of drug-likeness (QED) is 0.597. The van der Waals surface area contributed by atoms with Crippen molar-refractivity contribution in [1.82, 2.24) is 0 Å². The van der Waals surface area contributed by atoms with Gasteiger partial charge in [0, 0.05) is 10.9 Å². The first-order valence-electron chi connectivity index (χ1n) is 3.21. The van der Waals surface area contributed by atoms with E-state index in [-0.39, 0.29) is 4.87 Å². The Bertz CT molecular complexity index is 168. The summed E-state index contributed by atoms with van der Waals surface area (Å²) in [6.45, 7) is 1.91. The number of alkyl halides is 2. The van der Waals surface area contributed by atoms with Gasteiger partial charge in [-0.2, -0.15) is 0 Å². The molecule has 58 valence electrons. The van der Waals surface area contributed by atoms with Crippen molar-refractivity contribution in [2.45, 2.75) is 24.6 Å². The van der Waals surface area contributed by atoms with E-state index in [0.29, 0.717) is 5.88 Å². The van der Waals surface area contributed by atoms with Crippen LogP contribution in [0.4, 0.5) is 0 Å². The molecule has 1 aliphatic rings. The highest BCUT2D eigenvalue weighted by molar-refractivity contribution is 6.41. The molecule has 0 radical (unpaired) electrons. The molecule has 0 aromatic carbocycles. The lowest BCUT2D eigenvalue weighted by molar-refractivity contribution is 1.10. The first-order chi connectivity index (χ1) is 4.60. The fraction of sp³-hybridized carbons (Fsp3) is 0.714. The summed E-state index contributed by atoms with van der Waals surface area (Å²) in [6.07, 6.45) is 1.98. The Labute approximate surface area is 76.1 Å². The molecule has 1 saturated carbocycles. The Balaban J connectivity index is 2.71. The minimum atomic E-state index is -0.236. The summed E-state index contributed by atoms with van der Waals surface area (Å²) >= 11 is 17.5. The molecule has 3 heteroatoms. The van der Waals surface area contributed by atoms with Crippen molar-refractivity contribution in [3.63, 3.8) is 0 Å². The Morgan fingerprint density at radius 1 is 1.50 bits per heavy atom. The molecule has 0 atom stereocenters. The topological polar surface area (TPSA) is 0 Å². The highest BCUT2D eigenvalue weighted by Gasteiger charge is 2.44. The lowest BCUT2D eigenvalue weighted by atomic mass is 10.2. The van der Waals surface area contributed by atoms with E-state index < -0.39 is 0 Å². The van der Waals surface area contributed by atoms with Gasteiger partial charge in [-0.1, -0.05) is 11.6 Å². The van der Waals surface area contributed by atoms with Gasteiger partial charge in [0.25, 0.3) is 0 Å². The van der Waals surface area contributed by atoms with E-state index in [1.807, 2.05) is 6.92 Å². The fourth-order valence-electron chi connectivity index (χ4n) is 0.770. The van der Waals surface area contributed by atoms with Gasteiger partial charge in [-0.25, -0.2) is 0 Å². The zero-order chi connectivity index (χ0) is 7.78. The van der Waals surface area contributed by atoms with Gasteiger partial charge in [0.2, 0.25) is 0 Å². The molecule has 0 unspecified atom stereocenters. The summed E-state index contributed by atoms with van der Waals surface area (Å²) in [7, 11) is 0. The third-order valence-corrected chi connectivity index (χ3v) is 3.41. The van der Waals surface area contributed by atoms with Crippen molar-refractivity contribution in [2.75, 3.05) is 5.88 Å². The van der Waals surface area contributed by atoms with Crippen LogP contribution < -0.4 is 0 Å². The van der Waals surface area contributed by atoms with Crippen LogP contribution in [0.1, 0.15) is 19.8 Å². The van der Waals surface area contributed by atoms with Crippen LogP contribution in [0.3, 0.4) is 0 Å². The second-order valence-electron chi connectivity index (χ2n) is 2.69. The number of allylic oxidation sites excluding steroid dienone is 2. The summed E-state index contributed by atoms with van der Waals surface area (Å²) in [5, 5.41) is 0.754. The average molecular weight is 200 g/mol. The molecular formula is C7H9Cl3. The third-order valence-electron chi connectivity index (χ3n) is 1.66. The minimum absolute atomic E-state index is 0.236. The maximum atomic E-state index is 6.02. The summed E-state index contributed by atoms with van der Waals surface area (Å²) in [4.78, 5) is -0.236. The molecule has 0 bridgehead atoms. The Morgan fingerprint density at radius 3 is 2.30 bits per heavy atom. The van der Waals surface area contributed by atoms with Crippen LogP contribution in [0.5, 0.6) is 0 Å². The van der Waals surface area contributed by atoms with Crippen molar-refractivity contribution in [1.29, 1.82) is 0 Å². The maximum Gasteiger partial charge on any atom is 0.0802 e. The van der Waals surface area contributed by atoms with Gasteiger partial charge in [-0.05, 0) is 25.3 Å². The molecule has 10 heavy (non-hydrogen) atoms. The van der Waals surface area contributed by atoms with E-state index in [9.17, 15) is 0 Å². The smallest absolute Gasteiger partial charge is 0.0802 e. The summed E-state index contributed by atoms with van der Waals surface area (Å²) in [5.41, 5.74) is 0.996. The molecule has 0 N–H and O–H groups in total. The van der Waals surface area contributed by atoms with E-state index in [2.05, 4.69) is 0 Å². The molecule has 0 aliphatic heterocycles. The highest BCUT2D eigenvalue weighted by Crippen LogP contribution is 2.51.